The lowest BCUT2D eigenvalue weighted by Gasteiger charge is -2.32. The summed E-state index contributed by atoms with van der Waals surface area (Å²) in [7, 11) is 0. The van der Waals surface area contributed by atoms with Crippen LogP contribution in [0.15, 0.2) is 47.1 Å². The zero-order valence-corrected chi connectivity index (χ0v) is 15.6. The second-order valence-corrected chi connectivity index (χ2v) is 6.69. The van der Waals surface area contributed by atoms with Crippen molar-refractivity contribution in [2.75, 3.05) is 6.61 Å². The van der Waals surface area contributed by atoms with E-state index in [2.05, 4.69) is 28.1 Å². The molecule has 6 heteroatoms. The second kappa shape index (κ2) is 7.88. The molecule has 0 aliphatic heterocycles. The van der Waals surface area contributed by atoms with Crippen LogP contribution in [0.25, 0.3) is 11.4 Å². The van der Waals surface area contributed by atoms with E-state index in [-0.39, 0.29) is 5.92 Å². The average Bonchev–Trinajstić information content (AvgIpc) is 3.14. The first-order chi connectivity index (χ1) is 13.2. The quantitative estimate of drug-likeness (QED) is 0.601. The molecule has 27 heavy (non-hydrogen) atoms. The average molecular weight is 365 g/mol. The van der Waals surface area contributed by atoms with Crippen molar-refractivity contribution >= 4 is 0 Å². The molecule has 2 heterocycles. The number of aromatic nitrogens is 3. The summed E-state index contributed by atoms with van der Waals surface area (Å²) in [6.07, 6.45) is 4.85. The summed E-state index contributed by atoms with van der Waals surface area (Å²) in [5.74, 6) is 2.80. The third-order valence-corrected chi connectivity index (χ3v) is 4.81. The highest BCUT2D eigenvalue weighted by Crippen LogP contribution is 2.38. The molecule has 0 bridgehead atoms. The van der Waals surface area contributed by atoms with Gasteiger partial charge in [0.05, 0.1) is 6.10 Å². The number of pyridine rings is 1. The minimum atomic E-state index is 0.289. The van der Waals surface area contributed by atoms with Gasteiger partial charge < -0.3 is 14.0 Å². The van der Waals surface area contributed by atoms with Crippen molar-refractivity contribution in [1.82, 2.24) is 15.1 Å². The predicted molar refractivity (Wildman–Crippen MR) is 101 cm³/mol. The van der Waals surface area contributed by atoms with E-state index >= 15 is 0 Å². The van der Waals surface area contributed by atoms with Crippen LogP contribution < -0.4 is 4.74 Å². The molecular weight excluding hydrogens is 342 g/mol. The lowest BCUT2D eigenvalue weighted by Crippen LogP contribution is -2.29. The third kappa shape index (κ3) is 4.01. The van der Waals surface area contributed by atoms with E-state index in [1.807, 2.05) is 37.3 Å². The summed E-state index contributed by atoms with van der Waals surface area (Å²) in [4.78, 5) is 8.85. The molecule has 0 amide bonds. The Hall–Kier alpha value is -2.73. The van der Waals surface area contributed by atoms with Gasteiger partial charge in [0.15, 0.2) is 0 Å². The molecule has 0 atom stereocenters. The molecule has 1 aliphatic rings. The Morgan fingerprint density at radius 1 is 1.15 bits per heavy atom. The van der Waals surface area contributed by atoms with Crippen LogP contribution in [0.5, 0.6) is 11.6 Å². The van der Waals surface area contributed by atoms with Crippen LogP contribution in [0.1, 0.15) is 44.1 Å². The summed E-state index contributed by atoms with van der Waals surface area (Å²) in [5.41, 5.74) is 2.04. The minimum absolute atomic E-state index is 0.289. The SMILES string of the molecule is CCOC1CC(c2nc(-c3ccnc(Oc4cccc(CC)c4)c3)no2)C1. The maximum absolute atomic E-state index is 5.90. The van der Waals surface area contributed by atoms with Gasteiger partial charge >= 0.3 is 0 Å². The Kier molecular flexibility index (Phi) is 5.16. The van der Waals surface area contributed by atoms with E-state index in [0.29, 0.717) is 23.7 Å². The number of hydrogen-bond donors (Lipinski definition) is 0. The number of nitrogens with zero attached hydrogens (tertiary/aromatic N) is 3. The molecule has 140 valence electrons. The van der Waals surface area contributed by atoms with E-state index in [9.17, 15) is 0 Å². The molecule has 3 aromatic rings. The topological polar surface area (TPSA) is 70.3 Å². The molecule has 1 fully saturated rings. The number of hydrogen-bond acceptors (Lipinski definition) is 6. The van der Waals surface area contributed by atoms with Crippen molar-refractivity contribution in [2.24, 2.45) is 0 Å². The van der Waals surface area contributed by atoms with Crippen molar-refractivity contribution in [2.45, 2.75) is 45.1 Å². The number of aryl methyl sites for hydroxylation is 1. The minimum Gasteiger partial charge on any atom is -0.439 e. The molecule has 0 N–H and O–H groups in total. The van der Waals surface area contributed by atoms with Gasteiger partial charge in [-0.15, -0.1) is 0 Å². The first-order valence-electron chi connectivity index (χ1n) is 9.43. The Balaban J connectivity index is 1.46. The Bertz CT molecular complexity index is 903. The maximum atomic E-state index is 5.90. The fourth-order valence-electron chi connectivity index (χ4n) is 3.21. The van der Waals surface area contributed by atoms with Gasteiger partial charge in [0.1, 0.15) is 5.75 Å². The van der Waals surface area contributed by atoms with Crippen LogP contribution in [-0.2, 0) is 11.2 Å². The molecule has 0 saturated heterocycles. The van der Waals surface area contributed by atoms with Gasteiger partial charge in [0.2, 0.25) is 17.6 Å². The molecular formula is C21H23N3O3. The lowest BCUT2D eigenvalue weighted by molar-refractivity contribution is -0.00961. The largest absolute Gasteiger partial charge is 0.439 e. The lowest BCUT2D eigenvalue weighted by atomic mass is 9.82. The predicted octanol–water partition coefficient (Wildman–Crippen LogP) is 4.77. The summed E-state index contributed by atoms with van der Waals surface area (Å²) >= 11 is 0. The van der Waals surface area contributed by atoms with Crippen molar-refractivity contribution in [3.8, 4) is 23.0 Å². The van der Waals surface area contributed by atoms with Gasteiger partial charge in [-0.25, -0.2) is 4.98 Å². The Morgan fingerprint density at radius 2 is 2.04 bits per heavy atom. The molecule has 2 aromatic heterocycles. The van der Waals surface area contributed by atoms with E-state index in [4.69, 9.17) is 14.0 Å². The summed E-state index contributed by atoms with van der Waals surface area (Å²) in [6.45, 7) is 4.87. The van der Waals surface area contributed by atoms with Gasteiger partial charge in [-0.3, -0.25) is 0 Å². The molecule has 6 nitrogen and oxygen atoms in total. The monoisotopic (exact) mass is 365 g/mol. The number of benzene rings is 1. The van der Waals surface area contributed by atoms with Crippen LogP contribution >= 0.6 is 0 Å². The van der Waals surface area contributed by atoms with E-state index in [0.717, 1.165) is 37.2 Å². The van der Waals surface area contributed by atoms with Crippen molar-refractivity contribution in [1.29, 1.82) is 0 Å². The first kappa shape index (κ1) is 17.7. The number of rotatable bonds is 7. The van der Waals surface area contributed by atoms with Gasteiger partial charge in [0.25, 0.3) is 0 Å². The van der Waals surface area contributed by atoms with Crippen LogP contribution in [0.4, 0.5) is 0 Å². The molecule has 0 radical (unpaired) electrons. The van der Waals surface area contributed by atoms with Crippen molar-refractivity contribution < 1.29 is 14.0 Å². The van der Waals surface area contributed by atoms with Crippen molar-refractivity contribution in [3.63, 3.8) is 0 Å². The van der Waals surface area contributed by atoms with E-state index in [1.54, 1.807) is 6.20 Å². The Morgan fingerprint density at radius 3 is 2.85 bits per heavy atom. The van der Waals surface area contributed by atoms with Crippen molar-refractivity contribution in [3.05, 3.63) is 54.0 Å². The van der Waals surface area contributed by atoms with Gasteiger partial charge in [-0.1, -0.05) is 24.2 Å². The molecule has 1 saturated carbocycles. The highest BCUT2D eigenvalue weighted by Gasteiger charge is 2.34. The van der Waals surface area contributed by atoms with Crippen LogP contribution in [0.2, 0.25) is 0 Å². The summed E-state index contributed by atoms with van der Waals surface area (Å²) in [5, 5.41) is 4.13. The highest BCUT2D eigenvalue weighted by molar-refractivity contribution is 5.55. The van der Waals surface area contributed by atoms with Gasteiger partial charge in [-0.05, 0) is 49.9 Å². The standard InChI is InChI=1S/C21H23N3O3/c1-3-14-6-5-7-17(10-14)26-19-13-15(8-9-22-19)20-23-21(27-24-20)16-11-18(12-16)25-4-2/h5-10,13,16,18H,3-4,11-12H2,1-2H3. The molecule has 4 rings (SSSR count). The van der Waals surface area contributed by atoms with Crippen LogP contribution in [0.3, 0.4) is 0 Å². The van der Waals surface area contributed by atoms with Gasteiger partial charge in [-0.2, -0.15) is 4.98 Å². The molecule has 0 unspecified atom stereocenters. The zero-order chi connectivity index (χ0) is 18.6. The molecule has 1 aromatic carbocycles. The van der Waals surface area contributed by atoms with E-state index < -0.39 is 0 Å². The molecule has 0 spiro atoms. The maximum Gasteiger partial charge on any atom is 0.230 e. The fourth-order valence-corrected chi connectivity index (χ4v) is 3.21. The summed E-state index contributed by atoms with van der Waals surface area (Å²) in [6, 6.07) is 11.7. The van der Waals surface area contributed by atoms with Crippen LogP contribution in [0, 0.1) is 0 Å². The van der Waals surface area contributed by atoms with Gasteiger partial charge in [0, 0.05) is 30.4 Å². The van der Waals surface area contributed by atoms with E-state index in [1.165, 1.54) is 5.56 Å². The molecule has 1 aliphatic carbocycles. The first-order valence-corrected chi connectivity index (χ1v) is 9.43. The number of ether oxygens (including phenoxy) is 2. The Labute approximate surface area is 158 Å². The smallest absolute Gasteiger partial charge is 0.230 e. The highest BCUT2D eigenvalue weighted by atomic mass is 16.5. The fraction of sp³-hybridized carbons (Fsp3) is 0.381. The van der Waals surface area contributed by atoms with Crippen LogP contribution in [-0.4, -0.2) is 27.8 Å². The third-order valence-electron chi connectivity index (χ3n) is 4.81. The summed E-state index contributed by atoms with van der Waals surface area (Å²) < 4.78 is 17.0. The normalized spacial score (nSPS) is 18.9. The zero-order valence-electron chi connectivity index (χ0n) is 15.6. The second-order valence-electron chi connectivity index (χ2n) is 6.69.